The largest absolute Gasteiger partial charge is 0.489 e. The standard InChI is InChI=1S/C20H22BrN5O4/c1-25-19-17(18(21)24-25)20(28)26(12-22-19)10-16(27)23-14-7-2-3-8-15(14)30-11-13-6-4-5-9-29-13/h2-3,7-8,12-13H,4-6,9-11H2,1H3,(H,23,27). The van der Waals surface area contributed by atoms with Crippen LogP contribution in [0.5, 0.6) is 5.75 Å². The summed E-state index contributed by atoms with van der Waals surface area (Å²) >= 11 is 3.27. The van der Waals surface area contributed by atoms with E-state index in [2.05, 4.69) is 31.3 Å². The van der Waals surface area contributed by atoms with Crippen LogP contribution in [0.4, 0.5) is 5.69 Å². The number of aromatic nitrogens is 4. The maximum Gasteiger partial charge on any atom is 0.266 e. The lowest BCUT2D eigenvalue weighted by Crippen LogP contribution is -2.28. The number of halogens is 1. The molecule has 10 heteroatoms. The lowest BCUT2D eigenvalue weighted by molar-refractivity contribution is -0.116. The van der Waals surface area contributed by atoms with Crippen LogP contribution in [0.25, 0.3) is 11.0 Å². The first-order valence-electron chi connectivity index (χ1n) is 9.74. The first-order chi connectivity index (χ1) is 14.5. The maximum atomic E-state index is 12.7. The number of amides is 1. The molecule has 1 aliphatic heterocycles. The Morgan fingerprint density at radius 3 is 3.00 bits per heavy atom. The van der Waals surface area contributed by atoms with Gasteiger partial charge >= 0.3 is 0 Å². The molecule has 1 aliphatic rings. The molecule has 1 unspecified atom stereocenters. The lowest BCUT2D eigenvalue weighted by atomic mass is 10.1. The minimum absolute atomic E-state index is 0.0665. The van der Waals surface area contributed by atoms with Crippen molar-refractivity contribution < 1.29 is 14.3 Å². The third kappa shape index (κ3) is 4.39. The Bertz CT molecular complexity index is 1120. The highest BCUT2D eigenvalue weighted by Gasteiger charge is 2.17. The number of hydrogen-bond donors (Lipinski definition) is 1. The molecule has 2 aromatic heterocycles. The number of fused-ring (bicyclic) bond motifs is 1. The number of para-hydroxylation sites is 2. The van der Waals surface area contributed by atoms with E-state index in [0.29, 0.717) is 33.7 Å². The zero-order chi connectivity index (χ0) is 21.1. The van der Waals surface area contributed by atoms with Crippen LogP contribution in [0.1, 0.15) is 19.3 Å². The summed E-state index contributed by atoms with van der Waals surface area (Å²) in [6.45, 7) is 1.01. The highest BCUT2D eigenvalue weighted by atomic mass is 79.9. The highest BCUT2D eigenvalue weighted by Crippen LogP contribution is 2.25. The van der Waals surface area contributed by atoms with Crippen LogP contribution in [-0.4, -0.2) is 44.6 Å². The van der Waals surface area contributed by atoms with Crippen molar-refractivity contribution in [2.75, 3.05) is 18.5 Å². The Labute approximate surface area is 181 Å². The summed E-state index contributed by atoms with van der Waals surface area (Å²) in [5.74, 6) is 0.208. The van der Waals surface area contributed by atoms with Crippen molar-refractivity contribution in [3.63, 3.8) is 0 Å². The Kier molecular flexibility index (Phi) is 6.14. The topological polar surface area (TPSA) is 100 Å². The average molecular weight is 476 g/mol. The molecule has 0 spiro atoms. The van der Waals surface area contributed by atoms with Crippen molar-refractivity contribution in [3.05, 3.63) is 45.5 Å². The van der Waals surface area contributed by atoms with E-state index in [1.165, 1.54) is 15.6 Å². The molecular weight excluding hydrogens is 454 g/mol. The maximum absolute atomic E-state index is 12.7. The van der Waals surface area contributed by atoms with Crippen molar-refractivity contribution in [1.29, 1.82) is 0 Å². The van der Waals surface area contributed by atoms with Crippen molar-refractivity contribution in [2.24, 2.45) is 7.05 Å². The van der Waals surface area contributed by atoms with Gasteiger partial charge in [0, 0.05) is 13.7 Å². The van der Waals surface area contributed by atoms with Gasteiger partial charge in [-0.3, -0.25) is 14.2 Å². The molecule has 1 amide bonds. The summed E-state index contributed by atoms with van der Waals surface area (Å²) < 4.78 is 14.7. The summed E-state index contributed by atoms with van der Waals surface area (Å²) in [5.41, 5.74) is 0.657. The molecule has 1 saturated heterocycles. The zero-order valence-corrected chi connectivity index (χ0v) is 18.1. The van der Waals surface area contributed by atoms with Gasteiger partial charge in [0.25, 0.3) is 5.56 Å². The second-order valence-corrected chi connectivity index (χ2v) is 7.89. The van der Waals surface area contributed by atoms with Gasteiger partial charge < -0.3 is 14.8 Å². The molecule has 3 heterocycles. The van der Waals surface area contributed by atoms with E-state index in [1.807, 2.05) is 12.1 Å². The van der Waals surface area contributed by atoms with Gasteiger partial charge in [-0.2, -0.15) is 5.10 Å². The quantitative estimate of drug-likeness (QED) is 0.587. The van der Waals surface area contributed by atoms with Gasteiger partial charge in [-0.15, -0.1) is 0 Å². The van der Waals surface area contributed by atoms with E-state index in [0.717, 1.165) is 25.9 Å². The van der Waals surface area contributed by atoms with Gasteiger partial charge in [0.1, 0.15) is 35.2 Å². The molecule has 3 aromatic rings. The van der Waals surface area contributed by atoms with E-state index in [9.17, 15) is 9.59 Å². The van der Waals surface area contributed by atoms with Gasteiger partial charge in [0.15, 0.2) is 5.65 Å². The molecule has 1 N–H and O–H groups in total. The Morgan fingerprint density at radius 1 is 1.37 bits per heavy atom. The van der Waals surface area contributed by atoms with Crippen LogP contribution in [-0.2, 0) is 23.1 Å². The van der Waals surface area contributed by atoms with E-state index >= 15 is 0 Å². The van der Waals surface area contributed by atoms with E-state index in [1.54, 1.807) is 19.2 Å². The van der Waals surface area contributed by atoms with Crippen LogP contribution < -0.4 is 15.6 Å². The first kappa shape index (κ1) is 20.5. The van der Waals surface area contributed by atoms with Crippen molar-refractivity contribution >= 4 is 38.6 Å². The van der Waals surface area contributed by atoms with Crippen LogP contribution in [0.2, 0.25) is 0 Å². The molecule has 0 saturated carbocycles. The second-order valence-electron chi connectivity index (χ2n) is 7.13. The van der Waals surface area contributed by atoms with Gasteiger partial charge in [0.2, 0.25) is 5.91 Å². The van der Waals surface area contributed by atoms with Gasteiger partial charge in [-0.25, -0.2) is 9.67 Å². The SMILES string of the molecule is Cn1nc(Br)c2c(=O)n(CC(=O)Nc3ccccc3OCC3CCCCO3)cnc21. The number of hydrogen-bond acceptors (Lipinski definition) is 6. The molecule has 30 heavy (non-hydrogen) atoms. The lowest BCUT2D eigenvalue weighted by Gasteiger charge is -2.23. The summed E-state index contributed by atoms with van der Waals surface area (Å²) in [5, 5.41) is 7.29. The van der Waals surface area contributed by atoms with Crippen LogP contribution in [0.3, 0.4) is 0 Å². The molecule has 158 valence electrons. The summed E-state index contributed by atoms with van der Waals surface area (Å²) in [7, 11) is 1.70. The molecule has 0 radical (unpaired) electrons. The highest BCUT2D eigenvalue weighted by molar-refractivity contribution is 9.10. The molecule has 4 rings (SSSR count). The summed E-state index contributed by atoms with van der Waals surface area (Å²) in [6.07, 6.45) is 4.60. The van der Waals surface area contributed by atoms with E-state index in [4.69, 9.17) is 9.47 Å². The van der Waals surface area contributed by atoms with Gasteiger partial charge in [-0.1, -0.05) is 12.1 Å². The number of benzene rings is 1. The zero-order valence-electron chi connectivity index (χ0n) is 16.5. The fourth-order valence-corrected chi connectivity index (χ4v) is 3.99. The fourth-order valence-electron chi connectivity index (χ4n) is 3.41. The predicted molar refractivity (Wildman–Crippen MR) is 115 cm³/mol. The first-order valence-corrected chi connectivity index (χ1v) is 10.5. The predicted octanol–water partition coefficient (Wildman–Crippen LogP) is 2.48. The number of carbonyl (C=O) groups excluding carboxylic acids is 1. The smallest absolute Gasteiger partial charge is 0.266 e. The number of nitrogens with zero attached hydrogens (tertiary/aromatic N) is 4. The molecule has 1 aromatic carbocycles. The van der Waals surface area contributed by atoms with Gasteiger partial charge in [0.05, 0.1) is 11.8 Å². The van der Waals surface area contributed by atoms with Crippen LogP contribution >= 0.6 is 15.9 Å². The fraction of sp³-hybridized carbons (Fsp3) is 0.400. The molecule has 1 fully saturated rings. The minimum Gasteiger partial charge on any atom is -0.489 e. The molecular formula is C20H22BrN5O4. The van der Waals surface area contributed by atoms with E-state index in [-0.39, 0.29) is 24.1 Å². The minimum atomic E-state index is -0.358. The number of anilines is 1. The second kappa shape index (κ2) is 8.97. The molecule has 0 aliphatic carbocycles. The number of rotatable bonds is 6. The van der Waals surface area contributed by atoms with Crippen molar-refractivity contribution in [2.45, 2.75) is 31.9 Å². The monoisotopic (exact) mass is 475 g/mol. The van der Waals surface area contributed by atoms with Crippen LogP contribution in [0.15, 0.2) is 40.0 Å². The van der Waals surface area contributed by atoms with Crippen molar-refractivity contribution in [3.8, 4) is 5.75 Å². The Hall–Kier alpha value is -2.72. The molecule has 1 atom stereocenters. The molecule has 0 bridgehead atoms. The molecule has 9 nitrogen and oxygen atoms in total. The average Bonchev–Trinajstić information content (AvgIpc) is 3.04. The van der Waals surface area contributed by atoms with Gasteiger partial charge in [-0.05, 0) is 47.3 Å². The number of aryl methyl sites for hydroxylation is 1. The van der Waals surface area contributed by atoms with Crippen LogP contribution in [0, 0.1) is 0 Å². The Balaban J connectivity index is 1.45. The summed E-state index contributed by atoms with van der Waals surface area (Å²) in [6, 6.07) is 7.21. The third-order valence-electron chi connectivity index (χ3n) is 4.94. The summed E-state index contributed by atoms with van der Waals surface area (Å²) in [4.78, 5) is 29.6. The van der Waals surface area contributed by atoms with Crippen molar-refractivity contribution in [1.82, 2.24) is 19.3 Å². The Morgan fingerprint density at radius 2 is 2.20 bits per heavy atom. The number of ether oxygens (including phenoxy) is 2. The normalized spacial score (nSPS) is 16.5. The third-order valence-corrected chi connectivity index (χ3v) is 5.50. The van der Waals surface area contributed by atoms with E-state index < -0.39 is 0 Å². The number of nitrogens with one attached hydrogen (secondary N) is 1. The number of carbonyl (C=O) groups is 1.